The van der Waals surface area contributed by atoms with Crippen LogP contribution in [0.2, 0.25) is 0 Å². The van der Waals surface area contributed by atoms with Gasteiger partial charge >= 0.3 is 0 Å². The molecule has 1 saturated carbocycles. The Hall–Kier alpha value is -0.510. The van der Waals surface area contributed by atoms with Crippen molar-refractivity contribution in [2.45, 2.75) is 63.8 Å². The third-order valence-electron chi connectivity index (χ3n) is 4.47. The van der Waals surface area contributed by atoms with E-state index in [0.717, 1.165) is 24.2 Å². The molecule has 1 unspecified atom stereocenters. The van der Waals surface area contributed by atoms with Crippen LogP contribution in [0.5, 0.6) is 0 Å². The molecule has 1 atom stereocenters. The van der Waals surface area contributed by atoms with Gasteiger partial charge in [0.05, 0.1) is 0 Å². The van der Waals surface area contributed by atoms with E-state index < -0.39 is 0 Å². The highest BCUT2D eigenvalue weighted by Gasteiger charge is 2.15. The maximum atomic E-state index is 4.73. The van der Waals surface area contributed by atoms with Crippen molar-refractivity contribution in [2.75, 3.05) is 12.8 Å². The second-order valence-electron chi connectivity index (χ2n) is 6.29. The van der Waals surface area contributed by atoms with Crippen LogP contribution in [0.1, 0.15) is 50.7 Å². The SMILES string of the molecule is CSC(C)CNC(=NCc1nnc(C)n1C)NC1CCCCC1.I. The van der Waals surface area contributed by atoms with Gasteiger partial charge < -0.3 is 15.2 Å². The smallest absolute Gasteiger partial charge is 0.191 e. The number of thioether (sulfide) groups is 1. The predicted octanol–water partition coefficient (Wildman–Crippen LogP) is 2.86. The first-order valence-corrected chi connectivity index (χ1v) is 9.81. The first kappa shape index (κ1) is 21.5. The van der Waals surface area contributed by atoms with Gasteiger partial charge in [-0.2, -0.15) is 11.8 Å². The summed E-state index contributed by atoms with van der Waals surface area (Å²) in [5.41, 5.74) is 0. The summed E-state index contributed by atoms with van der Waals surface area (Å²) in [6, 6.07) is 0.542. The number of nitrogens with zero attached hydrogens (tertiary/aromatic N) is 4. The molecule has 24 heavy (non-hydrogen) atoms. The first-order chi connectivity index (χ1) is 11.1. The minimum atomic E-state index is 0. The van der Waals surface area contributed by atoms with Crippen LogP contribution in [0.4, 0.5) is 0 Å². The Balaban J connectivity index is 0.00000288. The van der Waals surface area contributed by atoms with Crippen molar-refractivity contribution in [1.29, 1.82) is 0 Å². The molecule has 0 aromatic carbocycles. The van der Waals surface area contributed by atoms with Crippen molar-refractivity contribution in [3.05, 3.63) is 11.6 Å². The fraction of sp³-hybridized carbons (Fsp3) is 0.812. The molecule has 0 spiro atoms. The molecule has 2 N–H and O–H groups in total. The topological polar surface area (TPSA) is 67.1 Å². The first-order valence-electron chi connectivity index (χ1n) is 8.52. The van der Waals surface area contributed by atoms with Crippen molar-refractivity contribution in [1.82, 2.24) is 25.4 Å². The molecule has 138 valence electrons. The van der Waals surface area contributed by atoms with Crippen LogP contribution in [-0.4, -0.2) is 44.8 Å². The van der Waals surface area contributed by atoms with Crippen molar-refractivity contribution >= 4 is 41.7 Å². The van der Waals surface area contributed by atoms with E-state index in [2.05, 4.69) is 34.0 Å². The quantitative estimate of drug-likeness (QED) is 0.384. The lowest BCUT2D eigenvalue weighted by molar-refractivity contribution is 0.409. The number of hydrogen-bond donors (Lipinski definition) is 2. The van der Waals surface area contributed by atoms with Gasteiger partial charge in [0.2, 0.25) is 0 Å². The van der Waals surface area contributed by atoms with Gasteiger partial charge in [-0.15, -0.1) is 34.2 Å². The van der Waals surface area contributed by atoms with Gasteiger partial charge in [0.25, 0.3) is 0 Å². The van der Waals surface area contributed by atoms with Gasteiger partial charge in [-0.1, -0.05) is 26.2 Å². The fourth-order valence-electron chi connectivity index (χ4n) is 2.66. The molecule has 0 aliphatic heterocycles. The molecular weight excluding hydrogens is 435 g/mol. The van der Waals surface area contributed by atoms with Crippen LogP contribution in [0.25, 0.3) is 0 Å². The number of nitrogens with one attached hydrogen (secondary N) is 2. The Kier molecular flexibility index (Phi) is 10.0. The number of aliphatic imine (C=N–C) groups is 1. The number of aryl methyl sites for hydroxylation is 1. The van der Waals surface area contributed by atoms with Crippen LogP contribution >= 0.6 is 35.7 Å². The number of halogens is 1. The van der Waals surface area contributed by atoms with E-state index in [1.165, 1.54) is 32.1 Å². The van der Waals surface area contributed by atoms with Crippen LogP contribution in [0, 0.1) is 6.92 Å². The zero-order chi connectivity index (χ0) is 16.7. The van der Waals surface area contributed by atoms with Crippen molar-refractivity contribution in [2.24, 2.45) is 12.0 Å². The number of guanidine groups is 1. The summed E-state index contributed by atoms with van der Waals surface area (Å²) in [5.74, 6) is 2.71. The average molecular weight is 466 g/mol. The van der Waals surface area contributed by atoms with Gasteiger partial charge in [-0.25, -0.2) is 4.99 Å². The van der Waals surface area contributed by atoms with Gasteiger partial charge in [0.1, 0.15) is 12.4 Å². The van der Waals surface area contributed by atoms with E-state index in [1.54, 1.807) is 0 Å². The Morgan fingerprint density at radius 1 is 1.33 bits per heavy atom. The minimum absolute atomic E-state index is 0. The maximum absolute atomic E-state index is 4.73. The van der Waals surface area contributed by atoms with Crippen LogP contribution < -0.4 is 10.6 Å². The summed E-state index contributed by atoms with van der Waals surface area (Å²) in [6.07, 6.45) is 8.60. The molecular formula is C16H31IN6S. The largest absolute Gasteiger partial charge is 0.355 e. The number of rotatable bonds is 6. The molecule has 6 nitrogen and oxygen atoms in total. The highest BCUT2D eigenvalue weighted by molar-refractivity contribution is 14.0. The van der Waals surface area contributed by atoms with E-state index in [0.29, 0.717) is 17.8 Å². The second kappa shape index (κ2) is 11.2. The number of hydrogen-bond acceptors (Lipinski definition) is 4. The average Bonchev–Trinajstić information content (AvgIpc) is 2.89. The highest BCUT2D eigenvalue weighted by Crippen LogP contribution is 2.17. The lowest BCUT2D eigenvalue weighted by Gasteiger charge is -2.25. The molecule has 1 heterocycles. The summed E-state index contributed by atoms with van der Waals surface area (Å²) < 4.78 is 1.99. The van der Waals surface area contributed by atoms with Crippen molar-refractivity contribution in [3.8, 4) is 0 Å². The third-order valence-corrected chi connectivity index (χ3v) is 5.44. The molecule has 0 bridgehead atoms. The highest BCUT2D eigenvalue weighted by atomic mass is 127. The van der Waals surface area contributed by atoms with Gasteiger partial charge in [0.15, 0.2) is 11.8 Å². The summed E-state index contributed by atoms with van der Waals surface area (Å²) >= 11 is 1.86. The summed E-state index contributed by atoms with van der Waals surface area (Å²) in [6.45, 7) is 5.65. The molecule has 1 aliphatic carbocycles. The van der Waals surface area contributed by atoms with Crippen molar-refractivity contribution in [3.63, 3.8) is 0 Å². The maximum Gasteiger partial charge on any atom is 0.191 e. The second-order valence-corrected chi connectivity index (χ2v) is 7.57. The van der Waals surface area contributed by atoms with Crippen molar-refractivity contribution < 1.29 is 0 Å². The van der Waals surface area contributed by atoms with E-state index in [1.807, 2.05) is 30.3 Å². The monoisotopic (exact) mass is 466 g/mol. The molecule has 0 radical (unpaired) electrons. The molecule has 1 aliphatic rings. The van der Waals surface area contributed by atoms with E-state index in [-0.39, 0.29) is 24.0 Å². The van der Waals surface area contributed by atoms with Gasteiger partial charge in [0, 0.05) is 24.9 Å². The Labute approximate surface area is 167 Å². The Morgan fingerprint density at radius 2 is 2.04 bits per heavy atom. The molecule has 1 fully saturated rings. The molecule has 1 aromatic heterocycles. The number of aromatic nitrogens is 3. The zero-order valence-electron chi connectivity index (χ0n) is 15.2. The molecule has 0 saturated heterocycles. The standard InChI is InChI=1S/C16H30N6S.HI/c1-12(23-4)10-17-16(19-14-8-6-5-7-9-14)18-11-15-21-20-13(2)22(15)3;/h12,14H,5-11H2,1-4H3,(H2,17,18,19);1H. The predicted molar refractivity (Wildman–Crippen MR) is 113 cm³/mol. The summed E-state index contributed by atoms with van der Waals surface area (Å²) in [7, 11) is 1.98. The lowest BCUT2D eigenvalue weighted by Crippen LogP contribution is -2.45. The van der Waals surface area contributed by atoms with Crippen LogP contribution in [-0.2, 0) is 13.6 Å². The molecule has 0 amide bonds. The third kappa shape index (κ3) is 6.78. The van der Waals surface area contributed by atoms with Crippen LogP contribution in [0.15, 0.2) is 4.99 Å². The Bertz CT molecular complexity index is 513. The summed E-state index contributed by atoms with van der Waals surface area (Å²) in [5, 5.41) is 15.9. The minimum Gasteiger partial charge on any atom is -0.355 e. The van der Waals surface area contributed by atoms with E-state index >= 15 is 0 Å². The van der Waals surface area contributed by atoms with E-state index in [4.69, 9.17) is 4.99 Å². The Morgan fingerprint density at radius 3 is 2.62 bits per heavy atom. The molecule has 2 rings (SSSR count). The molecule has 1 aromatic rings. The summed E-state index contributed by atoms with van der Waals surface area (Å²) in [4.78, 5) is 4.73. The fourth-order valence-corrected chi connectivity index (χ4v) is 2.91. The van der Waals surface area contributed by atoms with Crippen LogP contribution in [0.3, 0.4) is 0 Å². The van der Waals surface area contributed by atoms with Gasteiger partial charge in [-0.3, -0.25) is 0 Å². The normalized spacial score (nSPS) is 17.2. The lowest BCUT2D eigenvalue weighted by atomic mass is 9.96. The molecule has 8 heteroatoms. The van der Waals surface area contributed by atoms with Gasteiger partial charge in [-0.05, 0) is 26.0 Å². The van der Waals surface area contributed by atoms with E-state index in [9.17, 15) is 0 Å². The zero-order valence-corrected chi connectivity index (χ0v) is 18.4.